The largest absolute Gasteiger partial charge is 0.447 e. The predicted molar refractivity (Wildman–Crippen MR) is 71.8 cm³/mol. The number of amides is 1. The molecule has 0 aliphatic heterocycles. The molecule has 1 aromatic rings. The highest BCUT2D eigenvalue weighted by molar-refractivity contribution is 6.33. The van der Waals surface area contributed by atoms with Crippen LogP contribution < -0.4 is 11.1 Å². The van der Waals surface area contributed by atoms with E-state index in [4.69, 9.17) is 22.1 Å². The van der Waals surface area contributed by atoms with Crippen molar-refractivity contribution in [1.82, 2.24) is 0 Å². The number of hydrogen-bond donors (Lipinski definition) is 2. The summed E-state index contributed by atoms with van der Waals surface area (Å²) in [7, 11) is 0. The second-order valence-corrected chi connectivity index (χ2v) is 5.16. The molecule has 98 valence electrons. The number of ether oxygens (including phenoxy) is 1. The fraction of sp³-hybridized carbons (Fsp3) is 0.462. The van der Waals surface area contributed by atoms with Crippen molar-refractivity contribution in [2.24, 2.45) is 5.73 Å². The number of anilines is 1. The van der Waals surface area contributed by atoms with Gasteiger partial charge in [-0.3, -0.25) is 5.32 Å². The Morgan fingerprint density at radius 2 is 2.06 bits per heavy atom. The molecular weight excluding hydrogens is 252 g/mol. The summed E-state index contributed by atoms with van der Waals surface area (Å²) in [6.07, 6.45) is 3.51. The van der Waals surface area contributed by atoms with Crippen molar-refractivity contribution in [2.45, 2.75) is 31.2 Å². The highest BCUT2D eigenvalue weighted by Gasteiger charge is 2.30. The molecule has 0 bridgehead atoms. The number of carbonyl (C=O) groups is 1. The average molecular weight is 269 g/mol. The number of benzene rings is 1. The van der Waals surface area contributed by atoms with Crippen LogP contribution in [0.25, 0.3) is 0 Å². The van der Waals surface area contributed by atoms with Crippen molar-refractivity contribution in [2.75, 3.05) is 11.9 Å². The molecule has 0 spiro atoms. The molecule has 0 atom stereocenters. The van der Waals surface area contributed by atoms with E-state index in [9.17, 15) is 4.79 Å². The molecule has 0 heterocycles. The van der Waals surface area contributed by atoms with Crippen LogP contribution in [0.4, 0.5) is 10.5 Å². The van der Waals surface area contributed by atoms with Gasteiger partial charge in [0.05, 0.1) is 16.2 Å². The first kappa shape index (κ1) is 13.2. The minimum absolute atomic E-state index is 0.253. The highest BCUT2D eigenvalue weighted by atomic mass is 35.5. The first-order valence-electron chi connectivity index (χ1n) is 6.06. The number of carbonyl (C=O) groups excluding carboxylic acids is 1. The topological polar surface area (TPSA) is 64.3 Å². The van der Waals surface area contributed by atoms with Crippen molar-refractivity contribution in [1.29, 1.82) is 0 Å². The number of rotatable bonds is 3. The summed E-state index contributed by atoms with van der Waals surface area (Å²) in [5, 5.41) is 3.09. The zero-order valence-corrected chi connectivity index (χ0v) is 10.9. The third-order valence-electron chi connectivity index (χ3n) is 3.20. The van der Waals surface area contributed by atoms with Gasteiger partial charge in [0.2, 0.25) is 0 Å². The molecule has 0 radical (unpaired) electrons. The highest BCUT2D eigenvalue weighted by Crippen LogP contribution is 2.27. The van der Waals surface area contributed by atoms with Gasteiger partial charge in [-0.05, 0) is 25.0 Å². The summed E-state index contributed by atoms with van der Waals surface area (Å²) in [6.45, 7) is 0.253. The summed E-state index contributed by atoms with van der Waals surface area (Å²) < 4.78 is 5.15. The Hall–Kier alpha value is -1.26. The van der Waals surface area contributed by atoms with E-state index in [0.717, 1.165) is 25.7 Å². The lowest BCUT2D eigenvalue weighted by atomic mass is 10.0. The maximum absolute atomic E-state index is 11.6. The lowest BCUT2D eigenvalue weighted by molar-refractivity contribution is 0.130. The maximum Gasteiger partial charge on any atom is 0.411 e. The number of nitrogens with two attached hydrogens (primary N) is 1. The van der Waals surface area contributed by atoms with Crippen LogP contribution in [0.15, 0.2) is 24.3 Å². The summed E-state index contributed by atoms with van der Waals surface area (Å²) in [4.78, 5) is 11.6. The smallest absolute Gasteiger partial charge is 0.411 e. The fourth-order valence-electron chi connectivity index (χ4n) is 2.14. The monoisotopic (exact) mass is 268 g/mol. The van der Waals surface area contributed by atoms with Crippen LogP contribution in [0.2, 0.25) is 5.02 Å². The maximum atomic E-state index is 11.6. The lowest BCUT2D eigenvalue weighted by Gasteiger charge is -2.22. The SMILES string of the molecule is NC1(COC(=O)Nc2ccccc2Cl)CCCC1. The summed E-state index contributed by atoms with van der Waals surface area (Å²) in [5.74, 6) is 0. The van der Waals surface area contributed by atoms with Crippen LogP contribution in [-0.4, -0.2) is 18.2 Å². The minimum Gasteiger partial charge on any atom is -0.447 e. The zero-order valence-electron chi connectivity index (χ0n) is 10.1. The molecule has 3 N–H and O–H groups in total. The third kappa shape index (κ3) is 3.37. The van der Waals surface area contributed by atoms with E-state index in [1.54, 1.807) is 24.3 Å². The number of para-hydroxylation sites is 1. The first-order chi connectivity index (χ1) is 8.59. The van der Waals surface area contributed by atoms with Gasteiger partial charge in [0.25, 0.3) is 0 Å². The Morgan fingerprint density at radius 1 is 1.39 bits per heavy atom. The summed E-state index contributed by atoms with van der Waals surface area (Å²) >= 11 is 5.93. The Balaban J connectivity index is 1.84. The predicted octanol–water partition coefficient (Wildman–Crippen LogP) is 3.16. The average Bonchev–Trinajstić information content (AvgIpc) is 2.77. The number of hydrogen-bond acceptors (Lipinski definition) is 3. The molecule has 0 unspecified atom stereocenters. The van der Waals surface area contributed by atoms with Crippen LogP contribution in [0.5, 0.6) is 0 Å². The van der Waals surface area contributed by atoms with Crippen molar-refractivity contribution in [3.8, 4) is 0 Å². The van der Waals surface area contributed by atoms with Gasteiger partial charge in [-0.15, -0.1) is 0 Å². The van der Waals surface area contributed by atoms with Gasteiger partial charge in [0.15, 0.2) is 0 Å². The Morgan fingerprint density at radius 3 is 2.72 bits per heavy atom. The Labute approximate surface area is 111 Å². The van der Waals surface area contributed by atoms with Gasteiger partial charge in [0, 0.05) is 0 Å². The van der Waals surface area contributed by atoms with E-state index in [2.05, 4.69) is 5.32 Å². The Kier molecular flexibility index (Phi) is 4.09. The van der Waals surface area contributed by atoms with E-state index in [-0.39, 0.29) is 12.1 Å². The molecule has 0 aromatic heterocycles. The fourth-order valence-corrected chi connectivity index (χ4v) is 2.32. The number of nitrogens with one attached hydrogen (secondary N) is 1. The van der Waals surface area contributed by atoms with Crippen molar-refractivity contribution in [3.05, 3.63) is 29.3 Å². The zero-order chi connectivity index (χ0) is 13.0. The third-order valence-corrected chi connectivity index (χ3v) is 3.53. The normalized spacial score (nSPS) is 17.4. The van der Waals surface area contributed by atoms with Crippen LogP contribution in [0.3, 0.4) is 0 Å². The molecule has 0 saturated heterocycles. The second kappa shape index (κ2) is 5.59. The molecule has 1 aliphatic rings. The summed E-state index contributed by atoms with van der Waals surface area (Å²) in [5.41, 5.74) is 6.29. The first-order valence-corrected chi connectivity index (χ1v) is 6.44. The molecule has 1 fully saturated rings. The van der Waals surface area contributed by atoms with Crippen molar-refractivity contribution >= 4 is 23.4 Å². The van der Waals surface area contributed by atoms with Crippen LogP contribution in [0, 0.1) is 0 Å². The Bertz CT molecular complexity index is 431. The molecule has 18 heavy (non-hydrogen) atoms. The van der Waals surface area contributed by atoms with E-state index < -0.39 is 6.09 Å². The summed E-state index contributed by atoms with van der Waals surface area (Å²) in [6, 6.07) is 7.02. The van der Waals surface area contributed by atoms with Crippen molar-refractivity contribution in [3.63, 3.8) is 0 Å². The molecular formula is C13H17ClN2O2. The van der Waals surface area contributed by atoms with Crippen molar-refractivity contribution < 1.29 is 9.53 Å². The van der Waals surface area contributed by atoms with Gasteiger partial charge >= 0.3 is 6.09 Å². The lowest BCUT2D eigenvalue weighted by Crippen LogP contribution is -2.42. The van der Waals surface area contributed by atoms with Crippen LogP contribution in [-0.2, 0) is 4.74 Å². The molecule has 5 heteroatoms. The van der Waals surface area contributed by atoms with Gasteiger partial charge < -0.3 is 10.5 Å². The van der Waals surface area contributed by atoms with E-state index in [1.807, 2.05) is 0 Å². The van der Waals surface area contributed by atoms with Gasteiger partial charge in [-0.2, -0.15) is 0 Å². The van der Waals surface area contributed by atoms with Gasteiger partial charge in [-0.1, -0.05) is 36.6 Å². The minimum atomic E-state index is -0.514. The van der Waals surface area contributed by atoms with E-state index >= 15 is 0 Å². The second-order valence-electron chi connectivity index (χ2n) is 4.75. The molecule has 4 nitrogen and oxygen atoms in total. The van der Waals surface area contributed by atoms with Gasteiger partial charge in [0.1, 0.15) is 6.61 Å². The molecule has 1 saturated carbocycles. The van der Waals surface area contributed by atoms with Gasteiger partial charge in [-0.25, -0.2) is 4.79 Å². The standard InChI is InChI=1S/C13H17ClN2O2/c14-10-5-1-2-6-11(10)16-12(17)18-9-13(15)7-3-4-8-13/h1-2,5-6H,3-4,7-9,15H2,(H,16,17). The van der Waals surface area contributed by atoms with Crippen LogP contribution in [0.1, 0.15) is 25.7 Å². The van der Waals surface area contributed by atoms with E-state index in [1.165, 1.54) is 0 Å². The van der Waals surface area contributed by atoms with Crippen LogP contribution >= 0.6 is 11.6 Å². The number of halogens is 1. The molecule has 1 aromatic carbocycles. The quantitative estimate of drug-likeness (QED) is 0.885. The molecule has 1 aliphatic carbocycles. The molecule has 2 rings (SSSR count). The molecule has 1 amide bonds. The van der Waals surface area contributed by atoms with E-state index in [0.29, 0.717) is 10.7 Å².